The van der Waals surface area contributed by atoms with E-state index in [4.69, 9.17) is 9.15 Å². The second kappa shape index (κ2) is 8.08. The fourth-order valence-corrected chi connectivity index (χ4v) is 3.72. The summed E-state index contributed by atoms with van der Waals surface area (Å²) in [5, 5.41) is 20.3. The highest BCUT2D eigenvalue weighted by atomic mass is 16.5. The molecule has 152 valence electrons. The van der Waals surface area contributed by atoms with Crippen LogP contribution in [0.3, 0.4) is 0 Å². The van der Waals surface area contributed by atoms with Crippen LogP contribution in [0.2, 0.25) is 0 Å². The van der Waals surface area contributed by atoms with E-state index in [0.717, 1.165) is 24.0 Å². The summed E-state index contributed by atoms with van der Waals surface area (Å²) >= 11 is 0. The first-order valence-corrected chi connectivity index (χ1v) is 9.72. The summed E-state index contributed by atoms with van der Waals surface area (Å²) in [5.74, 6) is 0.217. The van der Waals surface area contributed by atoms with Crippen LogP contribution in [-0.4, -0.2) is 53.7 Å². The number of nitrogens with zero attached hydrogens (tertiary/aromatic N) is 3. The third kappa shape index (κ3) is 3.63. The zero-order chi connectivity index (χ0) is 20.4. The fourth-order valence-electron chi connectivity index (χ4n) is 3.72. The normalized spacial score (nSPS) is 19.6. The zero-order valence-corrected chi connectivity index (χ0v) is 16.2. The van der Waals surface area contributed by atoms with Crippen molar-refractivity contribution in [2.75, 3.05) is 31.2 Å². The molecule has 0 spiro atoms. The third-order valence-electron chi connectivity index (χ3n) is 5.14. The maximum atomic E-state index is 12.6. The van der Waals surface area contributed by atoms with Gasteiger partial charge in [0.2, 0.25) is 5.88 Å². The van der Waals surface area contributed by atoms with Gasteiger partial charge in [-0.1, -0.05) is 0 Å². The smallest absolute Gasteiger partial charge is 0.347 e. The molecular formula is C21H23N3O5. The van der Waals surface area contributed by atoms with E-state index in [1.807, 2.05) is 17.0 Å². The minimum Gasteiger partial charge on any atom is -0.504 e. The number of anilines is 1. The van der Waals surface area contributed by atoms with Crippen LogP contribution >= 0.6 is 0 Å². The lowest BCUT2D eigenvalue weighted by Crippen LogP contribution is -2.37. The van der Waals surface area contributed by atoms with Gasteiger partial charge in [-0.05, 0) is 43.9 Å². The van der Waals surface area contributed by atoms with Crippen LogP contribution in [-0.2, 0) is 4.74 Å². The molecule has 4 heterocycles. The molecule has 2 aliphatic rings. The van der Waals surface area contributed by atoms with Crippen LogP contribution in [0.25, 0.3) is 11.6 Å². The van der Waals surface area contributed by atoms with Crippen LogP contribution in [0.1, 0.15) is 41.4 Å². The van der Waals surface area contributed by atoms with E-state index in [1.165, 1.54) is 0 Å². The Morgan fingerprint density at radius 1 is 1.48 bits per heavy atom. The summed E-state index contributed by atoms with van der Waals surface area (Å²) in [7, 11) is 0. The molecule has 1 fully saturated rings. The highest BCUT2D eigenvalue weighted by Gasteiger charge is 2.32. The van der Waals surface area contributed by atoms with E-state index in [2.05, 4.69) is 9.98 Å². The first-order valence-electron chi connectivity index (χ1n) is 9.72. The monoisotopic (exact) mass is 397 g/mol. The second-order valence-corrected chi connectivity index (χ2v) is 7.08. The number of piperidine rings is 1. The fraction of sp³-hybridized carbons (Fsp3) is 0.381. The van der Waals surface area contributed by atoms with E-state index >= 15 is 0 Å². The zero-order valence-electron chi connectivity index (χ0n) is 16.2. The molecule has 0 aromatic carbocycles. The quantitative estimate of drug-likeness (QED) is 0.747. The maximum Gasteiger partial charge on any atom is 0.347 e. The van der Waals surface area contributed by atoms with Gasteiger partial charge in [-0.2, -0.15) is 0 Å². The number of carbonyl (C=O) groups is 1. The highest BCUT2D eigenvalue weighted by molar-refractivity contribution is 6.21. The molecule has 0 bridgehead atoms. The van der Waals surface area contributed by atoms with E-state index in [-0.39, 0.29) is 42.1 Å². The Bertz CT molecular complexity index is 979. The number of fused-ring (bicyclic) bond motifs is 1. The average Bonchev–Trinajstić information content (AvgIpc) is 3.30. The number of rotatable bonds is 5. The minimum absolute atomic E-state index is 0.0126. The molecule has 2 aliphatic heterocycles. The van der Waals surface area contributed by atoms with Crippen molar-refractivity contribution in [1.29, 1.82) is 0 Å². The van der Waals surface area contributed by atoms with Gasteiger partial charge in [0, 0.05) is 43.2 Å². The molecule has 0 amide bonds. The molecule has 0 saturated carbocycles. The van der Waals surface area contributed by atoms with E-state index in [0.29, 0.717) is 18.9 Å². The largest absolute Gasteiger partial charge is 0.504 e. The van der Waals surface area contributed by atoms with Gasteiger partial charge in [-0.3, -0.25) is 0 Å². The van der Waals surface area contributed by atoms with Gasteiger partial charge in [0.05, 0.1) is 6.61 Å². The molecule has 8 nitrogen and oxygen atoms in total. The number of hydrogen-bond donors (Lipinski definition) is 2. The number of hydrogen-bond acceptors (Lipinski definition) is 8. The Hall–Kier alpha value is -3.13. The van der Waals surface area contributed by atoms with Gasteiger partial charge >= 0.3 is 5.97 Å². The molecule has 8 heteroatoms. The molecule has 2 aromatic rings. The van der Waals surface area contributed by atoms with Crippen molar-refractivity contribution in [3.05, 3.63) is 35.2 Å². The summed E-state index contributed by atoms with van der Waals surface area (Å²) in [5.41, 5.74) is 1.56. The second-order valence-electron chi connectivity index (χ2n) is 7.08. The maximum absolute atomic E-state index is 12.6. The number of allylic oxidation sites excluding steroid dienone is 1. The molecule has 0 aliphatic carbocycles. The molecule has 0 radical (unpaired) electrons. The van der Waals surface area contributed by atoms with Gasteiger partial charge in [0.1, 0.15) is 0 Å². The average molecular weight is 397 g/mol. The molecule has 1 unspecified atom stereocenters. The van der Waals surface area contributed by atoms with Gasteiger partial charge in [0.15, 0.2) is 22.9 Å². The first kappa shape index (κ1) is 19.2. The first-order chi connectivity index (χ1) is 14.1. The van der Waals surface area contributed by atoms with E-state index < -0.39 is 5.97 Å². The lowest BCUT2D eigenvalue weighted by atomic mass is 9.99. The van der Waals surface area contributed by atoms with Crippen LogP contribution < -0.4 is 4.90 Å². The molecule has 1 atom stereocenters. The topological polar surface area (TPSA) is 108 Å². The summed E-state index contributed by atoms with van der Waals surface area (Å²) < 4.78 is 11.1. The van der Waals surface area contributed by atoms with Crippen molar-refractivity contribution in [3.63, 3.8) is 0 Å². The number of aliphatic hydroxyl groups is 1. The number of esters is 1. The number of aliphatic hydroxyl groups excluding tert-OH is 1. The number of aromatic hydroxyl groups is 1. The summed E-state index contributed by atoms with van der Waals surface area (Å²) in [6.07, 6.45) is 6.72. The van der Waals surface area contributed by atoms with E-state index in [1.54, 1.807) is 25.4 Å². The van der Waals surface area contributed by atoms with Crippen molar-refractivity contribution in [2.45, 2.75) is 19.8 Å². The summed E-state index contributed by atoms with van der Waals surface area (Å²) in [6, 6.07) is 3.69. The van der Waals surface area contributed by atoms with Crippen molar-refractivity contribution in [1.82, 2.24) is 4.98 Å². The van der Waals surface area contributed by atoms with Crippen molar-refractivity contribution < 1.29 is 24.2 Å². The number of carbonyl (C=O) groups excluding carboxylic acids is 1. The minimum atomic E-state index is -0.637. The molecule has 2 N–H and O–H groups in total. The Morgan fingerprint density at radius 2 is 2.34 bits per heavy atom. The van der Waals surface area contributed by atoms with Crippen LogP contribution in [0.4, 0.5) is 11.7 Å². The SMILES string of the molecule is CCOC(=O)c1c(N2CCCC(CO)C2)oc(C=C2C=Nc3ncccc32)c1O. The lowest BCUT2D eigenvalue weighted by Gasteiger charge is -2.31. The van der Waals surface area contributed by atoms with Crippen LogP contribution in [0.5, 0.6) is 5.75 Å². The Labute approximate surface area is 168 Å². The Kier molecular flexibility index (Phi) is 5.35. The number of pyridine rings is 1. The number of aliphatic imine (C=N–C) groups is 1. The van der Waals surface area contributed by atoms with Crippen molar-refractivity contribution in [2.24, 2.45) is 10.9 Å². The van der Waals surface area contributed by atoms with Crippen molar-refractivity contribution >= 4 is 35.5 Å². The predicted octanol–water partition coefficient (Wildman–Crippen LogP) is 3.02. The van der Waals surface area contributed by atoms with Crippen molar-refractivity contribution in [3.8, 4) is 5.75 Å². The molecule has 29 heavy (non-hydrogen) atoms. The van der Waals surface area contributed by atoms with Gasteiger partial charge < -0.3 is 24.3 Å². The molecule has 4 rings (SSSR count). The summed E-state index contributed by atoms with van der Waals surface area (Å²) in [6.45, 7) is 3.17. The van der Waals surface area contributed by atoms with Crippen LogP contribution in [0.15, 0.2) is 27.7 Å². The predicted molar refractivity (Wildman–Crippen MR) is 109 cm³/mol. The van der Waals surface area contributed by atoms with Gasteiger partial charge in [-0.15, -0.1) is 0 Å². The molecular weight excluding hydrogens is 374 g/mol. The molecule has 2 aromatic heterocycles. The molecule has 1 saturated heterocycles. The van der Waals surface area contributed by atoms with Gasteiger partial charge in [0.25, 0.3) is 0 Å². The Balaban J connectivity index is 1.75. The Morgan fingerprint density at radius 3 is 3.14 bits per heavy atom. The van der Waals surface area contributed by atoms with Gasteiger partial charge in [-0.25, -0.2) is 14.8 Å². The number of furan rings is 1. The number of ether oxygens (including phenoxy) is 1. The summed E-state index contributed by atoms with van der Waals surface area (Å²) in [4.78, 5) is 22.9. The third-order valence-corrected chi connectivity index (χ3v) is 5.14. The van der Waals surface area contributed by atoms with Crippen LogP contribution in [0, 0.1) is 5.92 Å². The number of aromatic nitrogens is 1. The van der Waals surface area contributed by atoms with E-state index in [9.17, 15) is 15.0 Å². The highest BCUT2D eigenvalue weighted by Crippen LogP contribution is 2.40. The standard InChI is InChI=1S/C21H23N3O5/c1-2-28-21(27)17-18(26)16(9-14-10-23-19-15(14)6-3-7-22-19)29-20(17)24-8-4-5-13(11-24)12-25/h3,6-7,9-10,13,25-26H,2,4-5,8,11-12H2,1H3. The lowest BCUT2D eigenvalue weighted by molar-refractivity contribution is 0.0523.